The highest BCUT2D eigenvalue weighted by atomic mass is 32.2. The largest absolute Gasteiger partial charge is 0.294 e. The normalized spacial score (nSPS) is 12.8. The Kier molecular flexibility index (Phi) is 6.87. The Hall–Kier alpha value is -2.18. The molecule has 0 saturated heterocycles. The molecule has 0 bridgehead atoms. The molecule has 3 aromatic rings. The third-order valence-corrected chi connectivity index (χ3v) is 9.47. The van der Waals surface area contributed by atoms with E-state index in [0.717, 1.165) is 0 Å². The monoisotopic (exact) mass is 516 g/mol. The lowest BCUT2D eigenvalue weighted by atomic mass is 10.2. The van der Waals surface area contributed by atoms with Gasteiger partial charge >= 0.3 is 0 Å². The highest BCUT2D eigenvalue weighted by Crippen LogP contribution is 2.39. The molecule has 0 aliphatic carbocycles. The highest BCUT2D eigenvalue weighted by molar-refractivity contribution is 7.86. The van der Waals surface area contributed by atoms with Gasteiger partial charge in [0.1, 0.15) is 0 Å². The van der Waals surface area contributed by atoms with Crippen molar-refractivity contribution in [3.63, 3.8) is 0 Å². The van der Waals surface area contributed by atoms with Crippen molar-refractivity contribution >= 4 is 48.9 Å². The molecular formula is C19H17O9PS3. The fourth-order valence-corrected chi connectivity index (χ4v) is 6.97. The predicted molar refractivity (Wildman–Crippen MR) is 119 cm³/mol. The molecule has 9 nitrogen and oxygen atoms in total. The van der Waals surface area contributed by atoms with E-state index in [1.807, 2.05) is 0 Å². The summed E-state index contributed by atoms with van der Waals surface area (Å²) in [6.07, 6.45) is 0.241. The summed E-state index contributed by atoms with van der Waals surface area (Å²) >= 11 is 0. The topological polar surface area (TPSA) is 163 Å². The van der Waals surface area contributed by atoms with Gasteiger partial charge in [0, 0.05) is 6.16 Å². The quantitative estimate of drug-likeness (QED) is 0.315. The van der Waals surface area contributed by atoms with Gasteiger partial charge in [-0.3, -0.25) is 13.7 Å². The molecule has 170 valence electrons. The summed E-state index contributed by atoms with van der Waals surface area (Å²) in [5.41, 5.74) is 0.623. The maximum absolute atomic E-state index is 11.6. The average Bonchev–Trinajstić information content (AvgIpc) is 2.71. The van der Waals surface area contributed by atoms with E-state index in [1.54, 1.807) is 12.1 Å². The van der Waals surface area contributed by atoms with Gasteiger partial charge in [0.25, 0.3) is 30.4 Å². The molecule has 0 fully saturated rings. The molecule has 0 heterocycles. The lowest BCUT2D eigenvalue weighted by Crippen LogP contribution is -2.16. The van der Waals surface area contributed by atoms with E-state index in [-0.39, 0.29) is 20.8 Å². The lowest BCUT2D eigenvalue weighted by molar-refractivity contribution is 0.481. The van der Waals surface area contributed by atoms with Crippen LogP contribution in [0.2, 0.25) is 0 Å². The van der Waals surface area contributed by atoms with E-state index in [0.29, 0.717) is 16.2 Å². The van der Waals surface area contributed by atoms with E-state index in [9.17, 15) is 34.4 Å². The molecule has 3 N–H and O–H groups in total. The maximum atomic E-state index is 11.6. The number of benzene rings is 3. The Morgan fingerprint density at radius 2 is 0.969 bits per heavy atom. The molecule has 0 aromatic heterocycles. The van der Waals surface area contributed by atoms with Crippen LogP contribution < -0.4 is 10.6 Å². The number of hydrogen-bond acceptors (Lipinski definition) is 6. The van der Waals surface area contributed by atoms with Crippen LogP contribution in [0.25, 0.3) is 0 Å². The van der Waals surface area contributed by atoms with Gasteiger partial charge in [0.05, 0.1) is 14.7 Å². The van der Waals surface area contributed by atoms with Crippen LogP contribution >= 0.6 is 7.92 Å². The van der Waals surface area contributed by atoms with Crippen LogP contribution in [-0.2, 0) is 36.5 Å². The second-order valence-electron chi connectivity index (χ2n) is 6.65. The molecule has 0 atom stereocenters. The van der Waals surface area contributed by atoms with Crippen molar-refractivity contribution in [3.05, 3.63) is 78.4 Å². The first kappa shape index (κ1) is 24.5. The molecule has 3 aromatic carbocycles. The molecule has 0 radical (unpaired) electrons. The van der Waals surface area contributed by atoms with Crippen LogP contribution in [0.3, 0.4) is 0 Å². The molecule has 13 heteroatoms. The van der Waals surface area contributed by atoms with Gasteiger partial charge in [-0.05, 0) is 60.5 Å². The SMILES string of the molecule is O=S(=O)(O)c1ccc(CP(c2cccc(S(=O)(=O)O)c2)c2cccc(S(=O)(=O)O)c2)cc1. The Balaban J connectivity index is 2.12. The minimum absolute atomic E-state index is 0.241. The minimum Gasteiger partial charge on any atom is -0.282 e. The second-order valence-corrected chi connectivity index (χ2v) is 13.1. The number of rotatable bonds is 7. The zero-order chi connectivity index (χ0) is 23.7. The molecule has 0 aliphatic heterocycles. The Labute approximate surface area is 186 Å². The van der Waals surface area contributed by atoms with Crippen molar-refractivity contribution < 1.29 is 38.9 Å². The molecule has 3 rings (SSSR count). The third-order valence-electron chi connectivity index (χ3n) is 4.42. The van der Waals surface area contributed by atoms with Gasteiger partial charge in [0.2, 0.25) is 0 Å². The van der Waals surface area contributed by atoms with E-state index in [1.165, 1.54) is 60.7 Å². The summed E-state index contributed by atoms with van der Waals surface area (Å²) in [6, 6.07) is 16.4. The van der Waals surface area contributed by atoms with Gasteiger partial charge in [-0.25, -0.2) is 0 Å². The first-order valence-electron chi connectivity index (χ1n) is 8.74. The first-order valence-corrected chi connectivity index (χ1v) is 14.6. The van der Waals surface area contributed by atoms with Crippen molar-refractivity contribution in [3.8, 4) is 0 Å². The van der Waals surface area contributed by atoms with E-state index in [4.69, 9.17) is 4.55 Å². The standard InChI is InChI=1S/C19H17O9PS3/c20-30(21,22)17-9-7-14(8-10-17)13-29(15-3-1-5-18(11-15)31(23,24)25)16-4-2-6-19(12-16)32(26,27)28/h1-12H,13H2,(H,20,21,22)(H,23,24,25)(H,26,27,28). The molecule has 0 aliphatic rings. The lowest BCUT2D eigenvalue weighted by Gasteiger charge is -2.20. The van der Waals surface area contributed by atoms with E-state index in [2.05, 4.69) is 0 Å². The van der Waals surface area contributed by atoms with Gasteiger partial charge in [0.15, 0.2) is 0 Å². The van der Waals surface area contributed by atoms with Crippen LogP contribution in [0.5, 0.6) is 0 Å². The Morgan fingerprint density at radius 1 is 0.562 bits per heavy atom. The molecule has 0 unspecified atom stereocenters. The molecule has 0 spiro atoms. The van der Waals surface area contributed by atoms with Gasteiger partial charge in [-0.15, -0.1) is 0 Å². The van der Waals surface area contributed by atoms with Crippen LogP contribution in [0.1, 0.15) is 5.56 Å². The maximum Gasteiger partial charge on any atom is 0.294 e. The van der Waals surface area contributed by atoms with Gasteiger partial charge in [-0.1, -0.05) is 36.4 Å². The smallest absolute Gasteiger partial charge is 0.282 e. The fraction of sp³-hybridized carbons (Fsp3) is 0.0526. The zero-order valence-corrected chi connectivity index (χ0v) is 19.4. The third kappa shape index (κ3) is 5.99. The molecule has 0 saturated carbocycles. The van der Waals surface area contributed by atoms with Gasteiger partial charge < -0.3 is 0 Å². The van der Waals surface area contributed by atoms with Crippen LogP contribution in [0.15, 0.2) is 87.5 Å². The molecule has 0 amide bonds. The van der Waals surface area contributed by atoms with Crippen molar-refractivity contribution in [1.29, 1.82) is 0 Å². The average molecular weight is 517 g/mol. The summed E-state index contributed by atoms with van der Waals surface area (Å²) in [7, 11) is -14.8. The second kappa shape index (κ2) is 8.99. The van der Waals surface area contributed by atoms with Crippen LogP contribution in [0.4, 0.5) is 0 Å². The zero-order valence-electron chi connectivity index (χ0n) is 16.1. The predicted octanol–water partition coefficient (Wildman–Crippen LogP) is 2.06. The summed E-state index contributed by atoms with van der Waals surface area (Å²) in [5.74, 6) is 0. The Bertz CT molecular complexity index is 1390. The van der Waals surface area contributed by atoms with Crippen molar-refractivity contribution in [2.75, 3.05) is 0 Å². The summed E-state index contributed by atoms with van der Waals surface area (Å²) in [6.45, 7) is 0. The van der Waals surface area contributed by atoms with E-state index < -0.39 is 38.3 Å². The Morgan fingerprint density at radius 3 is 1.34 bits per heavy atom. The minimum atomic E-state index is -4.49. The fourth-order valence-electron chi connectivity index (χ4n) is 2.90. The summed E-state index contributed by atoms with van der Waals surface area (Å²) in [4.78, 5) is -0.974. The molecular weight excluding hydrogens is 499 g/mol. The van der Waals surface area contributed by atoms with Crippen LogP contribution in [-0.4, -0.2) is 38.9 Å². The summed E-state index contributed by atoms with van der Waals surface area (Å²) < 4.78 is 96.8. The summed E-state index contributed by atoms with van der Waals surface area (Å²) in [5, 5.41) is 0.975. The van der Waals surface area contributed by atoms with Crippen molar-refractivity contribution in [2.45, 2.75) is 20.8 Å². The van der Waals surface area contributed by atoms with Gasteiger partial charge in [-0.2, -0.15) is 25.3 Å². The van der Waals surface area contributed by atoms with Crippen molar-refractivity contribution in [2.24, 2.45) is 0 Å². The van der Waals surface area contributed by atoms with Crippen LogP contribution in [0, 0.1) is 0 Å². The highest BCUT2D eigenvalue weighted by Gasteiger charge is 2.20. The first-order chi connectivity index (χ1) is 14.7. The molecule has 32 heavy (non-hydrogen) atoms. The van der Waals surface area contributed by atoms with Crippen molar-refractivity contribution in [1.82, 2.24) is 0 Å². The van der Waals surface area contributed by atoms with E-state index >= 15 is 0 Å². The number of hydrogen-bond donors (Lipinski definition) is 3.